The van der Waals surface area contributed by atoms with E-state index in [0.29, 0.717) is 45.7 Å². The highest BCUT2D eigenvalue weighted by atomic mass is 35.5. The lowest BCUT2D eigenvalue weighted by Gasteiger charge is -2.34. The molecule has 2 amide bonds. The van der Waals surface area contributed by atoms with Crippen LogP contribution in [-0.2, 0) is 9.53 Å². The Morgan fingerprint density at radius 2 is 2.09 bits per heavy atom. The number of carbonyl (C=O) groups is 3. The van der Waals surface area contributed by atoms with Crippen LogP contribution in [0.4, 0.5) is 16.2 Å². The third kappa shape index (κ3) is 4.20. The first kappa shape index (κ1) is 22.2. The molecule has 5 rings (SSSR count). The number of ether oxygens (including phenoxy) is 2. The molecule has 0 unspecified atom stereocenters. The fourth-order valence-electron chi connectivity index (χ4n) is 4.62. The molecule has 0 spiro atoms. The van der Waals surface area contributed by atoms with Crippen LogP contribution in [0.1, 0.15) is 35.4 Å². The molecular weight excluding hydrogens is 468 g/mol. The van der Waals surface area contributed by atoms with Crippen molar-refractivity contribution in [3.63, 3.8) is 0 Å². The largest absolute Gasteiger partial charge is 0.489 e. The van der Waals surface area contributed by atoms with Gasteiger partial charge in [-0.1, -0.05) is 11.6 Å². The molecule has 3 aliphatic rings. The van der Waals surface area contributed by atoms with Gasteiger partial charge in [0.2, 0.25) is 5.91 Å². The predicted molar refractivity (Wildman–Crippen MR) is 124 cm³/mol. The smallest absolute Gasteiger partial charge is 0.415 e. The van der Waals surface area contributed by atoms with Crippen LogP contribution in [0.2, 0.25) is 4.34 Å². The summed E-state index contributed by atoms with van der Waals surface area (Å²) in [6.45, 7) is 0.786. The van der Waals surface area contributed by atoms with Crippen molar-refractivity contribution in [3.8, 4) is 5.75 Å². The predicted octanol–water partition coefficient (Wildman–Crippen LogP) is 3.89. The minimum Gasteiger partial charge on any atom is -0.489 e. The molecular formula is C23H23ClN2O6S. The third-order valence-electron chi connectivity index (χ3n) is 6.42. The molecule has 2 aromatic rings. The Labute approximate surface area is 199 Å². The van der Waals surface area contributed by atoms with Gasteiger partial charge in [-0.2, -0.15) is 0 Å². The number of thiophene rings is 1. The van der Waals surface area contributed by atoms with Crippen LogP contribution in [0.25, 0.3) is 0 Å². The van der Waals surface area contributed by atoms with Crippen LogP contribution in [0.5, 0.6) is 5.75 Å². The van der Waals surface area contributed by atoms with Gasteiger partial charge in [0.25, 0.3) is 0 Å². The van der Waals surface area contributed by atoms with Crippen molar-refractivity contribution in [1.82, 2.24) is 0 Å². The molecule has 2 fully saturated rings. The van der Waals surface area contributed by atoms with Crippen LogP contribution in [0.3, 0.4) is 0 Å². The Balaban J connectivity index is 1.28. The molecule has 0 saturated carbocycles. The molecule has 0 bridgehead atoms. The van der Waals surface area contributed by atoms with Gasteiger partial charge < -0.3 is 19.5 Å². The summed E-state index contributed by atoms with van der Waals surface area (Å²) < 4.78 is 12.1. The summed E-state index contributed by atoms with van der Waals surface area (Å²) in [6, 6.07) is 8.42. The normalized spacial score (nSPS) is 24.2. The number of hydrogen-bond donors (Lipinski definition) is 1. The van der Waals surface area contributed by atoms with E-state index < -0.39 is 12.2 Å². The minimum atomic E-state index is -0.464. The maximum atomic E-state index is 12.7. The van der Waals surface area contributed by atoms with Crippen molar-refractivity contribution in [3.05, 3.63) is 39.5 Å². The van der Waals surface area contributed by atoms with Gasteiger partial charge in [-0.05, 0) is 43.0 Å². The van der Waals surface area contributed by atoms with E-state index in [1.54, 1.807) is 40.1 Å². The summed E-state index contributed by atoms with van der Waals surface area (Å²) in [5, 5.41) is 9.32. The van der Waals surface area contributed by atoms with Gasteiger partial charge in [0, 0.05) is 37.7 Å². The maximum absolute atomic E-state index is 12.7. The number of aliphatic hydroxyl groups excluding tert-OH is 1. The number of halogens is 1. The second-order valence-electron chi connectivity index (χ2n) is 8.47. The van der Waals surface area contributed by atoms with E-state index in [1.807, 2.05) is 0 Å². The molecule has 174 valence electrons. The fraction of sp³-hybridized carbons (Fsp3) is 0.435. The van der Waals surface area contributed by atoms with Crippen LogP contribution in [-0.4, -0.2) is 54.8 Å². The third-order valence-corrected chi connectivity index (χ3v) is 7.69. The van der Waals surface area contributed by atoms with E-state index in [4.69, 9.17) is 21.1 Å². The minimum absolute atomic E-state index is 0.00312. The molecule has 3 aliphatic heterocycles. The summed E-state index contributed by atoms with van der Waals surface area (Å²) in [7, 11) is 0. The summed E-state index contributed by atoms with van der Waals surface area (Å²) >= 11 is 7.15. The number of piperidine rings is 1. The second kappa shape index (κ2) is 8.96. The van der Waals surface area contributed by atoms with Crippen molar-refractivity contribution >= 4 is 52.1 Å². The number of ketones is 1. The van der Waals surface area contributed by atoms with E-state index in [0.717, 1.165) is 6.42 Å². The number of nitrogens with zero attached hydrogens (tertiary/aromatic N) is 2. The maximum Gasteiger partial charge on any atom is 0.415 e. The molecule has 1 aromatic heterocycles. The molecule has 33 heavy (non-hydrogen) atoms. The first-order valence-corrected chi connectivity index (χ1v) is 12.1. The van der Waals surface area contributed by atoms with Crippen molar-refractivity contribution in [2.45, 2.75) is 37.8 Å². The molecule has 10 heteroatoms. The van der Waals surface area contributed by atoms with Crippen LogP contribution in [0, 0.1) is 5.92 Å². The zero-order valence-electron chi connectivity index (χ0n) is 17.7. The standard InChI is InChI=1S/C23H23ClN2O6S/c24-21-6-5-20(33-21)17(28)3-4-18-16-12-31-19-10-14(1-2-15(19)26(16)23(30)32-18)25-8-7-13(11-27)9-22(25)29/h1-2,5-6,10,13,16,18,27H,3-4,7-9,11-12H2/t13-,16-,18-/m0/s1. The Bertz CT molecular complexity index is 1100. The topological polar surface area (TPSA) is 96.4 Å². The second-order valence-corrected chi connectivity index (χ2v) is 10.2. The number of fused-ring (bicyclic) bond motifs is 3. The van der Waals surface area contributed by atoms with Crippen molar-refractivity contribution in [2.75, 3.05) is 29.6 Å². The molecule has 0 aliphatic carbocycles. The first-order valence-electron chi connectivity index (χ1n) is 10.9. The summed E-state index contributed by atoms with van der Waals surface area (Å²) in [4.78, 5) is 41.5. The van der Waals surface area contributed by atoms with E-state index in [-0.39, 0.29) is 43.3 Å². The van der Waals surface area contributed by atoms with Crippen molar-refractivity contribution < 1.29 is 29.0 Å². The Morgan fingerprint density at radius 3 is 2.82 bits per heavy atom. The molecule has 8 nitrogen and oxygen atoms in total. The van der Waals surface area contributed by atoms with Gasteiger partial charge >= 0.3 is 6.09 Å². The number of hydrogen-bond acceptors (Lipinski definition) is 7. The summed E-state index contributed by atoms with van der Waals surface area (Å²) in [5.74, 6) is 0.454. The quantitative estimate of drug-likeness (QED) is 0.617. The highest BCUT2D eigenvalue weighted by molar-refractivity contribution is 7.18. The lowest BCUT2D eigenvalue weighted by atomic mass is 9.96. The van der Waals surface area contributed by atoms with E-state index >= 15 is 0 Å². The van der Waals surface area contributed by atoms with Gasteiger partial charge in [-0.3, -0.25) is 14.5 Å². The van der Waals surface area contributed by atoms with Gasteiger partial charge in [0.1, 0.15) is 24.5 Å². The van der Waals surface area contributed by atoms with Crippen molar-refractivity contribution in [1.29, 1.82) is 0 Å². The van der Waals surface area contributed by atoms with Gasteiger partial charge in [-0.15, -0.1) is 11.3 Å². The monoisotopic (exact) mass is 490 g/mol. The number of rotatable bonds is 6. The SMILES string of the molecule is O=C(CC[C@@H]1OC(=O)N2c3ccc(N4CC[C@H](CO)CC4=O)cc3OC[C@@H]12)c1ccc(Cl)s1. The average molecular weight is 491 g/mol. The Morgan fingerprint density at radius 1 is 1.24 bits per heavy atom. The zero-order valence-corrected chi connectivity index (χ0v) is 19.3. The first-order chi connectivity index (χ1) is 15.9. The molecule has 0 radical (unpaired) electrons. The van der Waals surface area contributed by atoms with Crippen LogP contribution < -0.4 is 14.5 Å². The fourth-order valence-corrected chi connectivity index (χ4v) is 5.63. The number of amides is 2. The number of carbonyl (C=O) groups excluding carboxylic acids is 3. The van der Waals surface area contributed by atoms with Gasteiger partial charge in [0.05, 0.1) is 14.9 Å². The molecule has 3 atom stereocenters. The number of anilines is 2. The number of cyclic esters (lactones) is 1. The summed E-state index contributed by atoms with van der Waals surface area (Å²) in [5.41, 5.74) is 1.30. The van der Waals surface area contributed by atoms with Gasteiger partial charge in [0.15, 0.2) is 5.78 Å². The molecule has 2 saturated heterocycles. The van der Waals surface area contributed by atoms with Crippen molar-refractivity contribution in [2.24, 2.45) is 5.92 Å². The van der Waals surface area contributed by atoms with Gasteiger partial charge in [-0.25, -0.2) is 4.79 Å². The van der Waals surface area contributed by atoms with E-state index in [9.17, 15) is 19.5 Å². The van der Waals surface area contributed by atoms with Crippen LogP contribution >= 0.6 is 22.9 Å². The average Bonchev–Trinajstić information content (AvgIpc) is 3.40. The highest BCUT2D eigenvalue weighted by Crippen LogP contribution is 2.42. The molecule has 1 aromatic carbocycles. The number of benzene rings is 1. The number of Topliss-reactive ketones (excluding diaryl/α,β-unsaturated/α-hetero) is 1. The van der Waals surface area contributed by atoms with E-state index in [2.05, 4.69) is 0 Å². The highest BCUT2D eigenvalue weighted by Gasteiger charge is 2.46. The number of aliphatic hydroxyl groups is 1. The lowest BCUT2D eigenvalue weighted by Crippen LogP contribution is -2.44. The molecule has 1 N–H and O–H groups in total. The zero-order chi connectivity index (χ0) is 23.1. The van der Waals surface area contributed by atoms with E-state index in [1.165, 1.54) is 11.3 Å². The Hall–Kier alpha value is -2.62. The molecule has 4 heterocycles. The van der Waals surface area contributed by atoms with Crippen LogP contribution in [0.15, 0.2) is 30.3 Å². The Kier molecular flexibility index (Phi) is 6.03. The lowest BCUT2D eigenvalue weighted by molar-refractivity contribution is -0.121. The summed E-state index contributed by atoms with van der Waals surface area (Å²) in [6.07, 6.45) is 0.771.